The molecule has 1 aliphatic rings. The van der Waals surface area contributed by atoms with Gasteiger partial charge in [0.1, 0.15) is 0 Å². The highest BCUT2D eigenvalue weighted by atomic mass is 35.5. The highest BCUT2D eigenvalue weighted by Gasteiger charge is 2.40. The first-order valence-corrected chi connectivity index (χ1v) is 9.44. The maximum absolute atomic E-state index is 12.1. The number of halogens is 1. The molecule has 2 aromatic rings. The van der Waals surface area contributed by atoms with Crippen molar-refractivity contribution in [3.8, 4) is 0 Å². The monoisotopic (exact) mass is 378 g/mol. The average Bonchev–Trinajstić information content (AvgIpc) is 3.07. The van der Waals surface area contributed by atoms with Crippen molar-refractivity contribution < 1.29 is 9.90 Å². The van der Waals surface area contributed by atoms with E-state index in [0.717, 1.165) is 29.3 Å². The van der Waals surface area contributed by atoms with Crippen LogP contribution in [0.2, 0.25) is 5.02 Å². The molecular weight excluding hydrogens is 352 g/mol. The number of aliphatic hydroxyl groups is 1. The van der Waals surface area contributed by atoms with Crippen molar-refractivity contribution in [3.05, 3.63) is 28.9 Å². The number of carbonyl (C=O) groups excluding carboxylic acids is 1. The number of rotatable bonds is 4. The van der Waals surface area contributed by atoms with E-state index in [1.165, 1.54) is 0 Å². The highest BCUT2D eigenvalue weighted by molar-refractivity contribution is 6.31. The third-order valence-electron chi connectivity index (χ3n) is 5.79. The number of benzene rings is 1. The van der Waals surface area contributed by atoms with Gasteiger partial charge in [0.05, 0.1) is 23.9 Å². The molecular formula is C19H27ClN4O2. The molecule has 1 fully saturated rings. The van der Waals surface area contributed by atoms with Crippen molar-refractivity contribution in [2.24, 2.45) is 17.1 Å². The lowest BCUT2D eigenvalue weighted by atomic mass is 9.68. The summed E-state index contributed by atoms with van der Waals surface area (Å²) < 4.78 is 0. The first kappa shape index (κ1) is 19.1. The molecule has 0 bridgehead atoms. The summed E-state index contributed by atoms with van der Waals surface area (Å²) >= 11 is 6.24. The second-order valence-electron chi connectivity index (χ2n) is 7.94. The number of nitrogens with one attached hydrogen (secondary N) is 1. The molecule has 1 aromatic heterocycles. The summed E-state index contributed by atoms with van der Waals surface area (Å²) in [6.07, 6.45) is 2.71. The Morgan fingerprint density at radius 3 is 2.69 bits per heavy atom. The third kappa shape index (κ3) is 3.46. The van der Waals surface area contributed by atoms with Gasteiger partial charge in [0.25, 0.3) is 0 Å². The van der Waals surface area contributed by atoms with Gasteiger partial charge < -0.3 is 15.7 Å². The number of fused-ring (bicyclic) bond motifs is 1. The summed E-state index contributed by atoms with van der Waals surface area (Å²) in [5.74, 6) is 0.280. The van der Waals surface area contributed by atoms with Crippen LogP contribution in [-0.2, 0) is 4.79 Å². The normalized spacial score (nSPS) is 18.9. The number of aliphatic hydroxyl groups excluding tert-OH is 1. The van der Waals surface area contributed by atoms with Crippen LogP contribution in [0.25, 0.3) is 10.9 Å². The minimum atomic E-state index is -0.690. The molecule has 1 amide bonds. The first-order chi connectivity index (χ1) is 12.2. The molecule has 2 atom stereocenters. The van der Waals surface area contributed by atoms with Crippen LogP contribution in [0.1, 0.15) is 45.3 Å². The average molecular weight is 379 g/mol. The van der Waals surface area contributed by atoms with E-state index in [9.17, 15) is 9.90 Å². The van der Waals surface area contributed by atoms with Crippen LogP contribution in [0.3, 0.4) is 0 Å². The molecule has 0 spiro atoms. The minimum Gasteiger partial charge on any atom is -0.388 e. The second kappa shape index (κ2) is 7.18. The fraction of sp³-hybridized carbons (Fsp3) is 0.579. The van der Waals surface area contributed by atoms with Crippen molar-refractivity contribution >= 4 is 28.4 Å². The van der Waals surface area contributed by atoms with E-state index < -0.39 is 12.1 Å². The zero-order chi connectivity index (χ0) is 19.1. The largest absolute Gasteiger partial charge is 0.388 e. The van der Waals surface area contributed by atoms with Gasteiger partial charge in [0.2, 0.25) is 5.91 Å². The van der Waals surface area contributed by atoms with Gasteiger partial charge in [-0.1, -0.05) is 25.4 Å². The van der Waals surface area contributed by atoms with Crippen molar-refractivity contribution in [2.75, 3.05) is 13.1 Å². The van der Waals surface area contributed by atoms with Gasteiger partial charge in [-0.05, 0) is 43.2 Å². The number of nitrogens with zero attached hydrogens (tertiary/aromatic N) is 2. The maximum Gasteiger partial charge on any atom is 0.239 e. The standard InChI is InChI=1S/C19H27ClN4O2/c1-11(21)18(26)24-6-4-13(5-7-24)19(2,3)17(25)15-9-14(20)8-12-10-22-23-16(12)15/h8-11,13,17,25H,4-7,21H2,1-3H3,(H,22,23)/t11?,17-/m1/s1. The molecule has 1 unspecified atom stereocenters. The number of hydrogen-bond acceptors (Lipinski definition) is 4. The summed E-state index contributed by atoms with van der Waals surface area (Å²) in [6.45, 7) is 7.23. The van der Waals surface area contributed by atoms with Gasteiger partial charge >= 0.3 is 0 Å². The first-order valence-electron chi connectivity index (χ1n) is 9.06. The summed E-state index contributed by atoms with van der Waals surface area (Å²) in [5.41, 5.74) is 6.93. The number of likely N-dealkylation sites (tertiary alicyclic amines) is 1. The fourth-order valence-corrected chi connectivity index (χ4v) is 4.25. The van der Waals surface area contributed by atoms with Crippen molar-refractivity contribution in [3.63, 3.8) is 0 Å². The van der Waals surface area contributed by atoms with E-state index in [-0.39, 0.29) is 17.2 Å². The predicted molar refractivity (Wildman–Crippen MR) is 103 cm³/mol. The summed E-state index contributed by atoms with van der Waals surface area (Å²) in [4.78, 5) is 13.9. The second-order valence-corrected chi connectivity index (χ2v) is 8.38. The van der Waals surface area contributed by atoms with E-state index in [4.69, 9.17) is 17.3 Å². The number of H-pyrrole nitrogens is 1. The highest BCUT2D eigenvalue weighted by Crippen LogP contribution is 2.46. The molecule has 7 heteroatoms. The van der Waals surface area contributed by atoms with Gasteiger partial charge in [0, 0.05) is 29.1 Å². The van der Waals surface area contributed by atoms with E-state index in [1.807, 2.05) is 17.0 Å². The van der Waals surface area contributed by atoms with Crippen LogP contribution in [-0.4, -0.2) is 45.2 Å². The quantitative estimate of drug-likeness (QED) is 0.762. The molecule has 1 aliphatic heterocycles. The smallest absolute Gasteiger partial charge is 0.239 e. The lowest BCUT2D eigenvalue weighted by molar-refractivity contribution is -0.134. The minimum absolute atomic E-state index is 0.00388. The maximum atomic E-state index is 12.1. The lowest BCUT2D eigenvalue weighted by Gasteiger charge is -2.43. The van der Waals surface area contributed by atoms with Crippen LogP contribution in [0, 0.1) is 11.3 Å². The molecule has 2 heterocycles. The molecule has 142 valence electrons. The Bertz CT molecular complexity index is 794. The van der Waals surface area contributed by atoms with Crippen LogP contribution in [0.5, 0.6) is 0 Å². The van der Waals surface area contributed by atoms with Gasteiger partial charge in [-0.15, -0.1) is 0 Å². The summed E-state index contributed by atoms with van der Waals surface area (Å²) in [6, 6.07) is 3.18. The number of piperidine rings is 1. The Morgan fingerprint density at radius 2 is 2.08 bits per heavy atom. The molecule has 4 N–H and O–H groups in total. The topological polar surface area (TPSA) is 95.2 Å². The van der Waals surface area contributed by atoms with Crippen molar-refractivity contribution in [1.82, 2.24) is 15.1 Å². The Labute approximate surface area is 158 Å². The lowest BCUT2D eigenvalue weighted by Crippen LogP contribution is -2.48. The number of carbonyl (C=O) groups is 1. The van der Waals surface area contributed by atoms with E-state index in [2.05, 4.69) is 24.0 Å². The summed E-state index contributed by atoms with van der Waals surface area (Å²) in [5, 5.41) is 19.7. The van der Waals surface area contributed by atoms with Gasteiger partial charge in [0.15, 0.2) is 0 Å². The van der Waals surface area contributed by atoms with Crippen LogP contribution in [0.15, 0.2) is 18.3 Å². The molecule has 0 radical (unpaired) electrons. The van der Waals surface area contributed by atoms with Crippen LogP contribution in [0.4, 0.5) is 0 Å². The molecule has 1 aromatic carbocycles. The molecule has 3 rings (SSSR count). The predicted octanol–water partition coefficient (Wildman–Crippen LogP) is 2.86. The van der Waals surface area contributed by atoms with Gasteiger partial charge in [-0.2, -0.15) is 5.10 Å². The number of amides is 1. The Kier molecular flexibility index (Phi) is 5.28. The summed E-state index contributed by atoms with van der Waals surface area (Å²) in [7, 11) is 0. The molecule has 1 saturated heterocycles. The number of aromatic nitrogens is 2. The molecule has 0 aliphatic carbocycles. The van der Waals surface area contributed by atoms with E-state index >= 15 is 0 Å². The Balaban J connectivity index is 1.79. The SMILES string of the molecule is CC(N)C(=O)N1CCC(C(C)(C)[C@H](O)c2cc(Cl)cc3cn[nH]c23)CC1. The zero-order valence-corrected chi connectivity index (χ0v) is 16.3. The number of aromatic amines is 1. The van der Waals surface area contributed by atoms with Gasteiger partial charge in [-0.25, -0.2) is 0 Å². The Morgan fingerprint density at radius 1 is 1.42 bits per heavy atom. The Hall–Kier alpha value is -1.63. The van der Waals surface area contributed by atoms with E-state index in [1.54, 1.807) is 13.1 Å². The molecule has 26 heavy (non-hydrogen) atoms. The molecule has 0 saturated carbocycles. The van der Waals surface area contributed by atoms with Crippen LogP contribution >= 0.6 is 11.6 Å². The number of hydrogen-bond donors (Lipinski definition) is 3. The van der Waals surface area contributed by atoms with Crippen molar-refractivity contribution in [1.29, 1.82) is 0 Å². The zero-order valence-electron chi connectivity index (χ0n) is 15.5. The number of nitrogens with two attached hydrogens (primary N) is 1. The fourth-order valence-electron chi connectivity index (χ4n) is 4.02. The third-order valence-corrected chi connectivity index (χ3v) is 6.01. The van der Waals surface area contributed by atoms with Crippen molar-refractivity contribution in [2.45, 2.75) is 45.8 Å². The molecule has 6 nitrogen and oxygen atoms in total. The van der Waals surface area contributed by atoms with Gasteiger partial charge in [-0.3, -0.25) is 9.89 Å². The van der Waals surface area contributed by atoms with E-state index in [0.29, 0.717) is 18.1 Å². The van der Waals surface area contributed by atoms with Crippen LogP contribution < -0.4 is 5.73 Å².